The van der Waals surface area contributed by atoms with Gasteiger partial charge in [0.15, 0.2) is 0 Å². The van der Waals surface area contributed by atoms with E-state index in [4.69, 9.17) is 0 Å². The Balaban J connectivity index is 1.97. The van der Waals surface area contributed by atoms with Gasteiger partial charge >= 0.3 is 0 Å². The Bertz CT molecular complexity index is 200. The van der Waals surface area contributed by atoms with Gasteiger partial charge in [0.1, 0.15) is 0 Å². The minimum Gasteiger partial charge on any atom is -0.315 e. The molecule has 1 N–H and O–H groups in total. The second kappa shape index (κ2) is 10.6. The summed E-state index contributed by atoms with van der Waals surface area (Å²) in [5.41, 5.74) is 0. The number of rotatable bonds is 10. The van der Waals surface area contributed by atoms with Crippen LogP contribution in [0.4, 0.5) is 0 Å². The minimum absolute atomic E-state index is 0.810. The summed E-state index contributed by atoms with van der Waals surface area (Å²) in [6, 6.07) is 0.810. The lowest BCUT2D eigenvalue weighted by atomic mass is 10.0. The van der Waals surface area contributed by atoms with Crippen LogP contribution in [0.15, 0.2) is 0 Å². The average Bonchev–Trinajstić information content (AvgIpc) is 2.46. The third-order valence-corrected chi connectivity index (χ3v) is 4.48. The highest BCUT2D eigenvalue weighted by molar-refractivity contribution is 4.78. The van der Waals surface area contributed by atoms with E-state index in [0.717, 1.165) is 12.6 Å². The lowest BCUT2D eigenvalue weighted by Gasteiger charge is -2.36. The Morgan fingerprint density at radius 2 is 1.79 bits per heavy atom. The van der Waals surface area contributed by atoms with E-state index >= 15 is 0 Å². The molecule has 0 aromatic rings. The second-order valence-corrected chi connectivity index (χ2v) is 5.96. The Hall–Kier alpha value is -0.120. The number of likely N-dealkylation sites (tertiary alicyclic amines) is 1. The lowest BCUT2D eigenvalue weighted by Crippen LogP contribution is -2.45. The van der Waals surface area contributed by atoms with Gasteiger partial charge in [0.25, 0.3) is 0 Å². The van der Waals surface area contributed by atoms with Crippen LogP contribution >= 0.6 is 0 Å². The van der Waals surface area contributed by atoms with Crippen LogP contribution in [0.3, 0.4) is 0 Å². The molecule has 0 radical (unpaired) electrons. The molecule has 1 saturated heterocycles. The van der Waals surface area contributed by atoms with E-state index < -0.39 is 0 Å². The van der Waals surface area contributed by atoms with Crippen LogP contribution in [0.2, 0.25) is 0 Å². The zero-order valence-corrected chi connectivity index (χ0v) is 13.5. The van der Waals surface area contributed by atoms with Crippen molar-refractivity contribution in [3.05, 3.63) is 0 Å². The van der Waals surface area contributed by atoms with E-state index in [-0.39, 0.29) is 0 Å². The summed E-state index contributed by atoms with van der Waals surface area (Å²) in [6.07, 6.45) is 8.14. The molecule has 0 atom stereocenters. The summed E-state index contributed by atoms with van der Waals surface area (Å²) >= 11 is 0. The Kier molecular flexibility index (Phi) is 9.48. The van der Waals surface area contributed by atoms with Crippen LogP contribution in [0.25, 0.3) is 0 Å². The number of piperidine rings is 1. The molecule has 1 heterocycles. The van der Waals surface area contributed by atoms with E-state index in [1.807, 2.05) is 0 Å². The first-order chi connectivity index (χ1) is 9.27. The first-order valence-corrected chi connectivity index (χ1v) is 8.41. The third-order valence-electron chi connectivity index (χ3n) is 4.48. The molecule has 3 heteroatoms. The monoisotopic (exact) mass is 269 g/mol. The first kappa shape index (κ1) is 16.9. The van der Waals surface area contributed by atoms with Gasteiger partial charge in [-0.1, -0.05) is 33.1 Å². The van der Waals surface area contributed by atoms with E-state index in [9.17, 15) is 0 Å². The largest absolute Gasteiger partial charge is 0.315 e. The van der Waals surface area contributed by atoms with Crippen molar-refractivity contribution >= 4 is 0 Å². The van der Waals surface area contributed by atoms with E-state index in [2.05, 4.69) is 36.0 Å². The predicted molar refractivity (Wildman–Crippen MR) is 84.8 cm³/mol. The van der Waals surface area contributed by atoms with Crippen molar-refractivity contribution in [2.75, 3.05) is 46.3 Å². The normalized spacial score (nSPS) is 18.3. The van der Waals surface area contributed by atoms with Gasteiger partial charge in [-0.15, -0.1) is 0 Å². The Morgan fingerprint density at radius 1 is 1.05 bits per heavy atom. The molecule has 0 spiro atoms. The van der Waals surface area contributed by atoms with Crippen LogP contribution in [-0.2, 0) is 0 Å². The molecule has 0 aliphatic carbocycles. The minimum atomic E-state index is 0.810. The third kappa shape index (κ3) is 7.28. The predicted octanol–water partition coefficient (Wildman–Crippen LogP) is 2.57. The van der Waals surface area contributed by atoms with Crippen molar-refractivity contribution in [2.24, 2.45) is 0 Å². The smallest absolute Gasteiger partial charge is 0.0117 e. The molecule has 1 rings (SSSR count). The summed E-state index contributed by atoms with van der Waals surface area (Å²) in [4.78, 5) is 5.13. The van der Waals surface area contributed by atoms with E-state index in [1.165, 1.54) is 71.2 Å². The number of nitrogens with one attached hydrogen (secondary N) is 1. The first-order valence-electron chi connectivity index (χ1n) is 8.41. The van der Waals surface area contributed by atoms with Crippen molar-refractivity contribution in [3.8, 4) is 0 Å². The lowest BCUT2D eigenvalue weighted by molar-refractivity contribution is 0.132. The highest BCUT2D eigenvalue weighted by atomic mass is 15.2. The Morgan fingerprint density at radius 3 is 2.42 bits per heavy atom. The summed E-state index contributed by atoms with van der Waals surface area (Å²) < 4.78 is 0. The van der Waals surface area contributed by atoms with Gasteiger partial charge in [0.05, 0.1) is 0 Å². The van der Waals surface area contributed by atoms with Gasteiger partial charge in [-0.05, 0) is 52.5 Å². The maximum absolute atomic E-state index is 3.58. The van der Waals surface area contributed by atoms with Crippen molar-refractivity contribution in [2.45, 2.75) is 58.4 Å². The van der Waals surface area contributed by atoms with Crippen molar-refractivity contribution in [1.29, 1.82) is 0 Å². The van der Waals surface area contributed by atoms with E-state index in [1.54, 1.807) is 0 Å². The average molecular weight is 269 g/mol. The SMILES string of the molecule is CCCCCCNCCN(C)C1CCN(CC)CC1. The number of nitrogens with zero attached hydrogens (tertiary/aromatic N) is 2. The molecule has 3 nitrogen and oxygen atoms in total. The van der Waals surface area contributed by atoms with Gasteiger partial charge in [0.2, 0.25) is 0 Å². The zero-order valence-electron chi connectivity index (χ0n) is 13.5. The van der Waals surface area contributed by atoms with Gasteiger partial charge in [0, 0.05) is 19.1 Å². The molecular formula is C16H35N3. The number of hydrogen-bond donors (Lipinski definition) is 1. The molecule has 0 unspecified atom stereocenters. The molecule has 0 aromatic heterocycles. The highest BCUT2D eigenvalue weighted by Gasteiger charge is 2.20. The molecule has 0 aromatic carbocycles. The van der Waals surface area contributed by atoms with Gasteiger partial charge in [-0.3, -0.25) is 0 Å². The summed E-state index contributed by atoms with van der Waals surface area (Å²) in [5.74, 6) is 0. The van der Waals surface area contributed by atoms with E-state index in [0.29, 0.717) is 0 Å². The second-order valence-electron chi connectivity index (χ2n) is 5.96. The molecule has 0 bridgehead atoms. The number of hydrogen-bond acceptors (Lipinski definition) is 3. The van der Waals surface area contributed by atoms with Crippen LogP contribution < -0.4 is 5.32 Å². The summed E-state index contributed by atoms with van der Waals surface area (Å²) in [7, 11) is 2.30. The Labute approximate surface area is 120 Å². The number of likely N-dealkylation sites (N-methyl/N-ethyl adjacent to an activating group) is 1. The maximum atomic E-state index is 3.58. The zero-order chi connectivity index (χ0) is 13.9. The molecule has 0 amide bonds. The molecule has 19 heavy (non-hydrogen) atoms. The van der Waals surface area contributed by atoms with Crippen molar-refractivity contribution in [3.63, 3.8) is 0 Å². The van der Waals surface area contributed by atoms with Crippen LogP contribution in [0, 0.1) is 0 Å². The topological polar surface area (TPSA) is 18.5 Å². The molecule has 1 fully saturated rings. The van der Waals surface area contributed by atoms with Gasteiger partial charge in [-0.25, -0.2) is 0 Å². The molecule has 1 aliphatic rings. The van der Waals surface area contributed by atoms with Crippen molar-refractivity contribution < 1.29 is 0 Å². The standard InChI is InChI=1S/C16H35N3/c1-4-6-7-8-11-17-12-15-18(3)16-9-13-19(5-2)14-10-16/h16-17H,4-15H2,1-3H3. The highest BCUT2D eigenvalue weighted by Crippen LogP contribution is 2.14. The van der Waals surface area contributed by atoms with Crippen LogP contribution in [0.5, 0.6) is 0 Å². The van der Waals surface area contributed by atoms with Crippen LogP contribution in [0.1, 0.15) is 52.4 Å². The van der Waals surface area contributed by atoms with Crippen LogP contribution in [-0.4, -0.2) is 62.2 Å². The molecule has 114 valence electrons. The molecule has 1 aliphatic heterocycles. The summed E-state index contributed by atoms with van der Waals surface area (Å²) in [6.45, 7) is 11.9. The fraction of sp³-hybridized carbons (Fsp3) is 1.00. The van der Waals surface area contributed by atoms with Gasteiger partial charge < -0.3 is 15.1 Å². The quantitative estimate of drug-likeness (QED) is 0.615. The maximum Gasteiger partial charge on any atom is 0.0117 e. The van der Waals surface area contributed by atoms with Crippen molar-refractivity contribution in [1.82, 2.24) is 15.1 Å². The van der Waals surface area contributed by atoms with Gasteiger partial charge in [-0.2, -0.15) is 0 Å². The molecular weight excluding hydrogens is 234 g/mol. The fourth-order valence-electron chi connectivity index (χ4n) is 2.92. The fourth-order valence-corrected chi connectivity index (χ4v) is 2.92. The number of unbranched alkanes of at least 4 members (excludes halogenated alkanes) is 3. The summed E-state index contributed by atoms with van der Waals surface area (Å²) in [5, 5.41) is 3.58. The molecule has 0 saturated carbocycles.